The van der Waals surface area contributed by atoms with Crippen LogP contribution in [0.2, 0.25) is 5.02 Å². The third-order valence-electron chi connectivity index (χ3n) is 2.72. The SMILES string of the molecule is CC(=O)c1ccc(OCc2cc(Cl)ccc2F)cc1F. The van der Waals surface area contributed by atoms with Crippen molar-refractivity contribution in [2.45, 2.75) is 13.5 Å². The lowest BCUT2D eigenvalue weighted by Gasteiger charge is -2.08. The van der Waals surface area contributed by atoms with Crippen molar-refractivity contribution >= 4 is 17.4 Å². The number of carbonyl (C=O) groups excluding carboxylic acids is 1. The Kier molecular flexibility index (Phi) is 4.35. The van der Waals surface area contributed by atoms with Gasteiger partial charge in [-0.15, -0.1) is 0 Å². The van der Waals surface area contributed by atoms with Gasteiger partial charge in [-0.3, -0.25) is 4.79 Å². The molecule has 20 heavy (non-hydrogen) atoms. The van der Waals surface area contributed by atoms with Gasteiger partial charge in [0.15, 0.2) is 5.78 Å². The quantitative estimate of drug-likeness (QED) is 0.782. The highest BCUT2D eigenvalue weighted by atomic mass is 35.5. The number of Topliss-reactive ketones (excluding diaryl/α,β-unsaturated/α-hetero) is 1. The van der Waals surface area contributed by atoms with E-state index in [-0.39, 0.29) is 29.3 Å². The number of hydrogen-bond donors (Lipinski definition) is 0. The van der Waals surface area contributed by atoms with E-state index in [2.05, 4.69) is 0 Å². The summed E-state index contributed by atoms with van der Waals surface area (Å²) in [6.07, 6.45) is 0. The van der Waals surface area contributed by atoms with Gasteiger partial charge >= 0.3 is 0 Å². The molecule has 5 heteroatoms. The zero-order chi connectivity index (χ0) is 14.7. The van der Waals surface area contributed by atoms with Crippen molar-refractivity contribution in [2.24, 2.45) is 0 Å². The predicted octanol–water partition coefficient (Wildman–Crippen LogP) is 4.40. The predicted molar refractivity (Wildman–Crippen MR) is 72.1 cm³/mol. The molecule has 0 aliphatic rings. The molecule has 0 fully saturated rings. The smallest absolute Gasteiger partial charge is 0.162 e. The van der Waals surface area contributed by atoms with Crippen molar-refractivity contribution in [2.75, 3.05) is 0 Å². The molecule has 0 atom stereocenters. The standard InChI is InChI=1S/C15H11ClF2O2/c1-9(19)13-4-3-12(7-15(13)18)20-8-10-6-11(16)2-5-14(10)17/h2-7H,8H2,1H3. The lowest BCUT2D eigenvalue weighted by molar-refractivity contribution is 0.101. The van der Waals surface area contributed by atoms with E-state index in [1.807, 2.05) is 0 Å². The second kappa shape index (κ2) is 6.01. The topological polar surface area (TPSA) is 26.3 Å². The van der Waals surface area contributed by atoms with Gasteiger partial charge in [0.1, 0.15) is 24.0 Å². The van der Waals surface area contributed by atoms with Gasteiger partial charge in [-0.2, -0.15) is 0 Å². The fourth-order valence-electron chi connectivity index (χ4n) is 1.69. The normalized spacial score (nSPS) is 10.4. The van der Waals surface area contributed by atoms with E-state index >= 15 is 0 Å². The summed E-state index contributed by atoms with van der Waals surface area (Å²) < 4.78 is 32.3. The molecule has 2 aromatic rings. The molecule has 0 aliphatic heterocycles. The third kappa shape index (κ3) is 3.33. The highest BCUT2D eigenvalue weighted by Crippen LogP contribution is 2.20. The van der Waals surface area contributed by atoms with Gasteiger partial charge in [0.2, 0.25) is 0 Å². The van der Waals surface area contributed by atoms with Crippen LogP contribution in [0.3, 0.4) is 0 Å². The number of halogens is 3. The summed E-state index contributed by atoms with van der Waals surface area (Å²) >= 11 is 5.76. The highest BCUT2D eigenvalue weighted by molar-refractivity contribution is 6.30. The summed E-state index contributed by atoms with van der Waals surface area (Å²) in [4.78, 5) is 11.1. The first-order valence-corrected chi connectivity index (χ1v) is 6.22. The van der Waals surface area contributed by atoms with E-state index in [0.717, 1.165) is 6.07 Å². The van der Waals surface area contributed by atoms with Gasteiger partial charge < -0.3 is 4.74 Å². The lowest BCUT2D eigenvalue weighted by atomic mass is 10.1. The maximum Gasteiger partial charge on any atom is 0.162 e. The molecular formula is C15H11ClF2O2. The summed E-state index contributed by atoms with van der Waals surface area (Å²) in [5, 5.41) is 0.392. The first-order valence-electron chi connectivity index (χ1n) is 5.84. The van der Waals surface area contributed by atoms with Crippen LogP contribution in [0.5, 0.6) is 5.75 Å². The number of ether oxygens (including phenoxy) is 1. The Morgan fingerprint density at radius 3 is 2.55 bits per heavy atom. The molecule has 0 saturated heterocycles. The molecule has 0 saturated carbocycles. The number of carbonyl (C=O) groups is 1. The molecule has 0 radical (unpaired) electrons. The van der Waals surface area contributed by atoms with Crippen LogP contribution in [0.25, 0.3) is 0 Å². The molecule has 2 aromatic carbocycles. The first-order chi connectivity index (χ1) is 9.47. The number of ketones is 1. The van der Waals surface area contributed by atoms with Crippen LogP contribution in [-0.4, -0.2) is 5.78 Å². The molecule has 2 nitrogen and oxygen atoms in total. The Morgan fingerprint density at radius 1 is 1.15 bits per heavy atom. The number of benzene rings is 2. The van der Waals surface area contributed by atoms with E-state index in [4.69, 9.17) is 16.3 Å². The van der Waals surface area contributed by atoms with Gasteiger partial charge in [0.25, 0.3) is 0 Å². The van der Waals surface area contributed by atoms with Gasteiger partial charge in [-0.25, -0.2) is 8.78 Å². The maximum atomic E-state index is 13.6. The van der Waals surface area contributed by atoms with E-state index in [1.54, 1.807) is 0 Å². The molecule has 0 aliphatic carbocycles. The van der Waals surface area contributed by atoms with Crippen LogP contribution in [0.1, 0.15) is 22.8 Å². The Labute approximate surface area is 119 Å². The summed E-state index contributed by atoms with van der Waals surface area (Å²) in [5.74, 6) is -1.27. The van der Waals surface area contributed by atoms with Crippen LogP contribution < -0.4 is 4.74 Å². The number of rotatable bonds is 4. The first kappa shape index (κ1) is 14.5. The molecular weight excluding hydrogens is 286 g/mol. The molecule has 0 spiro atoms. The van der Waals surface area contributed by atoms with Crippen LogP contribution in [0.15, 0.2) is 36.4 Å². The second-order valence-corrected chi connectivity index (χ2v) is 4.66. The minimum atomic E-state index is -0.665. The Morgan fingerprint density at radius 2 is 1.90 bits per heavy atom. The van der Waals surface area contributed by atoms with Crippen molar-refractivity contribution in [3.05, 3.63) is 64.2 Å². The average molecular weight is 297 g/mol. The lowest BCUT2D eigenvalue weighted by Crippen LogP contribution is -2.01. The minimum absolute atomic E-state index is 0.00807. The molecule has 0 unspecified atom stereocenters. The van der Waals surface area contributed by atoms with Crippen molar-refractivity contribution in [3.8, 4) is 5.75 Å². The zero-order valence-corrected chi connectivity index (χ0v) is 11.4. The summed E-state index contributed by atoms with van der Waals surface area (Å²) in [7, 11) is 0. The second-order valence-electron chi connectivity index (χ2n) is 4.22. The average Bonchev–Trinajstić information content (AvgIpc) is 2.39. The fourth-order valence-corrected chi connectivity index (χ4v) is 1.88. The molecule has 0 N–H and O–H groups in total. The van der Waals surface area contributed by atoms with E-state index in [0.29, 0.717) is 5.02 Å². The molecule has 0 aromatic heterocycles. The third-order valence-corrected chi connectivity index (χ3v) is 2.96. The maximum absolute atomic E-state index is 13.6. The fraction of sp³-hybridized carbons (Fsp3) is 0.133. The number of hydrogen-bond acceptors (Lipinski definition) is 2. The summed E-state index contributed by atoms with van der Waals surface area (Å²) in [6.45, 7) is 1.20. The van der Waals surface area contributed by atoms with Gasteiger partial charge in [0.05, 0.1) is 5.56 Å². The van der Waals surface area contributed by atoms with Crippen molar-refractivity contribution < 1.29 is 18.3 Å². The Hall–Kier alpha value is -1.94. The van der Waals surface area contributed by atoms with E-state index in [9.17, 15) is 13.6 Å². The molecule has 104 valence electrons. The van der Waals surface area contributed by atoms with Crippen LogP contribution in [0, 0.1) is 11.6 Å². The van der Waals surface area contributed by atoms with Crippen molar-refractivity contribution in [1.29, 1.82) is 0 Å². The summed E-state index contributed by atoms with van der Waals surface area (Å²) in [5.41, 5.74) is 0.264. The van der Waals surface area contributed by atoms with Crippen molar-refractivity contribution in [3.63, 3.8) is 0 Å². The van der Waals surface area contributed by atoms with Crippen LogP contribution in [-0.2, 0) is 6.61 Å². The van der Waals surface area contributed by atoms with Crippen LogP contribution in [0.4, 0.5) is 8.78 Å². The monoisotopic (exact) mass is 296 g/mol. The van der Waals surface area contributed by atoms with E-state index in [1.165, 1.54) is 37.3 Å². The molecule has 2 rings (SSSR count). The Bertz CT molecular complexity index is 656. The van der Waals surface area contributed by atoms with Gasteiger partial charge in [-0.05, 0) is 37.3 Å². The van der Waals surface area contributed by atoms with Crippen LogP contribution >= 0.6 is 11.6 Å². The van der Waals surface area contributed by atoms with Gasteiger partial charge in [0, 0.05) is 16.7 Å². The highest BCUT2D eigenvalue weighted by Gasteiger charge is 2.09. The summed E-state index contributed by atoms with van der Waals surface area (Å²) in [6, 6.07) is 8.00. The van der Waals surface area contributed by atoms with Gasteiger partial charge in [-0.1, -0.05) is 11.6 Å². The van der Waals surface area contributed by atoms with E-state index < -0.39 is 11.6 Å². The Balaban J connectivity index is 2.13. The molecule has 0 heterocycles. The molecule has 0 bridgehead atoms. The van der Waals surface area contributed by atoms with Crippen molar-refractivity contribution in [1.82, 2.24) is 0 Å². The zero-order valence-electron chi connectivity index (χ0n) is 10.6. The molecule has 0 amide bonds. The minimum Gasteiger partial charge on any atom is -0.489 e. The largest absolute Gasteiger partial charge is 0.489 e.